The Labute approximate surface area is 207 Å². The molecule has 1 atom stereocenters. The van der Waals surface area contributed by atoms with E-state index < -0.39 is 12.2 Å². The largest absolute Gasteiger partial charge is 0.457 e. The van der Waals surface area contributed by atoms with Crippen LogP contribution in [0.5, 0.6) is 17.2 Å². The summed E-state index contributed by atoms with van der Waals surface area (Å²) in [5.41, 5.74) is 1.08. The molecular weight excluding hydrogens is 556 g/mol. The number of carbonyl (C=O) groups excluding carboxylic acids is 2. The Morgan fingerprint density at radius 1 is 0.970 bits per heavy atom. The highest BCUT2D eigenvalue weighted by Gasteiger charge is 2.35. The molecule has 0 N–H and O–H groups in total. The zero-order valence-electron chi connectivity index (χ0n) is 17.6. The van der Waals surface area contributed by atoms with Crippen LogP contribution in [0.4, 0.5) is 0 Å². The zero-order valence-corrected chi connectivity index (χ0v) is 20.8. The SMILES string of the molecule is CC(=O)Oc1c(Br)cc(Br)cc1C1=NN(C(C)=O)[C@@H](c2cccc(Oc3ccccc3)c2)O1. The first-order chi connectivity index (χ1) is 15.8. The minimum Gasteiger partial charge on any atom is -0.457 e. The zero-order chi connectivity index (χ0) is 23.5. The highest BCUT2D eigenvalue weighted by Crippen LogP contribution is 2.38. The van der Waals surface area contributed by atoms with Crippen molar-refractivity contribution < 1.29 is 23.8 Å². The molecule has 0 saturated heterocycles. The highest BCUT2D eigenvalue weighted by molar-refractivity contribution is 9.11. The molecule has 0 fully saturated rings. The van der Waals surface area contributed by atoms with E-state index in [2.05, 4.69) is 37.0 Å². The summed E-state index contributed by atoms with van der Waals surface area (Å²) in [5.74, 6) is 0.853. The number of esters is 1. The lowest BCUT2D eigenvalue weighted by Gasteiger charge is -2.20. The van der Waals surface area contributed by atoms with Crippen LogP contribution in [0.25, 0.3) is 0 Å². The molecule has 1 amide bonds. The van der Waals surface area contributed by atoms with Crippen molar-refractivity contribution in [3.8, 4) is 17.2 Å². The van der Waals surface area contributed by atoms with E-state index in [1.165, 1.54) is 18.9 Å². The number of ether oxygens (including phenoxy) is 3. The quantitative estimate of drug-likeness (QED) is 0.269. The Hall–Kier alpha value is -3.17. The molecule has 1 aliphatic rings. The lowest BCUT2D eigenvalue weighted by atomic mass is 10.1. The molecule has 0 aromatic heterocycles. The third-order valence-electron chi connectivity index (χ3n) is 4.57. The van der Waals surface area contributed by atoms with Gasteiger partial charge in [0.1, 0.15) is 11.5 Å². The lowest BCUT2D eigenvalue weighted by Crippen LogP contribution is -2.25. The maximum atomic E-state index is 12.4. The molecule has 33 heavy (non-hydrogen) atoms. The van der Waals surface area contributed by atoms with Gasteiger partial charge in [-0.1, -0.05) is 46.3 Å². The summed E-state index contributed by atoms with van der Waals surface area (Å²) in [5, 5.41) is 5.62. The van der Waals surface area contributed by atoms with Crippen LogP contribution in [0.2, 0.25) is 0 Å². The number of rotatable bonds is 5. The van der Waals surface area contributed by atoms with Crippen LogP contribution in [0.3, 0.4) is 0 Å². The van der Waals surface area contributed by atoms with Crippen molar-refractivity contribution in [3.63, 3.8) is 0 Å². The third kappa shape index (κ3) is 5.26. The first-order valence-electron chi connectivity index (χ1n) is 9.87. The van der Waals surface area contributed by atoms with Crippen LogP contribution < -0.4 is 9.47 Å². The molecule has 3 aromatic rings. The Balaban J connectivity index is 1.68. The predicted octanol–water partition coefficient (Wildman–Crippen LogP) is 6.17. The molecule has 1 heterocycles. The standard InChI is InChI=1S/C24H18Br2N2O5/c1-14(29)28-24(16-7-6-10-19(11-16)32-18-8-4-3-5-9-18)33-23(27-28)20-12-17(25)13-21(26)22(20)31-15(2)30/h3-13,24H,1-2H3/t24-/m1/s1. The second kappa shape index (κ2) is 9.76. The maximum absolute atomic E-state index is 12.4. The van der Waals surface area contributed by atoms with Gasteiger partial charge in [-0.3, -0.25) is 9.59 Å². The Bertz CT molecular complexity index is 1250. The van der Waals surface area contributed by atoms with Gasteiger partial charge >= 0.3 is 5.97 Å². The number of hydrogen-bond donors (Lipinski definition) is 0. The van der Waals surface area contributed by atoms with Crippen LogP contribution in [0.1, 0.15) is 31.2 Å². The van der Waals surface area contributed by atoms with Crippen LogP contribution >= 0.6 is 31.9 Å². The number of hydrazone groups is 1. The van der Waals surface area contributed by atoms with E-state index in [0.717, 1.165) is 0 Å². The highest BCUT2D eigenvalue weighted by atomic mass is 79.9. The fourth-order valence-electron chi connectivity index (χ4n) is 3.21. The number of para-hydroxylation sites is 1. The Morgan fingerprint density at radius 3 is 2.39 bits per heavy atom. The normalized spacial score (nSPS) is 15.0. The monoisotopic (exact) mass is 572 g/mol. The summed E-state index contributed by atoms with van der Waals surface area (Å²) in [6.45, 7) is 2.70. The summed E-state index contributed by atoms with van der Waals surface area (Å²) >= 11 is 6.83. The summed E-state index contributed by atoms with van der Waals surface area (Å²) in [6.07, 6.45) is -0.820. The minimum atomic E-state index is -0.820. The predicted molar refractivity (Wildman–Crippen MR) is 129 cm³/mol. The van der Waals surface area contributed by atoms with E-state index in [9.17, 15) is 9.59 Å². The summed E-state index contributed by atoms with van der Waals surface area (Å²) in [7, 11) is 0. The van der Waals surface area contributed by atoms with Crippen molar-refractivity contribution in [1.82, 2.24) is 5.01 Å². The molecule has 7 nitrogen and oxygen atoms in total. The molecule has 9 heteroatoms. The van der Waals surface area contributed by atoms with E-state index in [1.807, 2.05) is 48.5 Å². The number of carbonyl (C=O) groups is 2. The molecule has 4 rings (SSSR count). The molecule has 0 unspecified atom stereocenters. The maximum Gasteiger partial charge on any atom is 0.308 e. The van der Waals surface area contributed by atoms with Crippen LogP contribution in [-0.4, -0.2) is 22.8 Å². The van der Waals surface area contributed by atoms with Gasteiger partial charge < -0.3 is 14.2 Å². The first-order valence-corrected chi connectivity index (χ1v) is 11.5. The van der Waals surface area contributed by atoms with Crippen molar-refractivity contribution in [2.75, 3.05) is 0 Å². The fourth-order valence-corrected chi connectivity index (χ4v) is 4.52. The summed E-state index contributed by atoms with van der Waals surface area (Å²) < 4.78 is 18.6. The van der Waals surface area contributed by atoms with Crippen LogP contribution in [0.15, 0.2) is 80.8 Å². The molecule has 1 aliphatic heterocycles. The van der Waals surface area contributed by atoms with Crippen molar-refractivity contribution in [2.45, 2.75) is 20.1 Å². The summed E-state index contributed by atoms with van der Waals surface area (Å²) in [4.78, 5) is 24.0. The third-order valence-corrected chi connectivity index (χ3v) is 5.62. The second-order valence-electron chi connectivity index (χ2n) is 7.08. The Kier molecular flexibility index (Phi) is 6.80. The van der Waals surface area contributed by atoms with E-state index in [0.29, 0.717) is 31.6 Å². The number of halogens is 2. The van der Waals surface area contributed by atoms with Gasteiger partial charge in [0.2, 0.25) is 18.0 Å². The van der Waals surface area contributed by atoms with E-state index in [4.69, 9.17) is 14.2 Å². The van der Waals surface area contributed by atoms with E-state index in [1.54, 1.807) is 18.2 Å². The van der Waals surface area contributed by atoms with Gasteiger partial charge in [0, 0.05) is 23.9 Å². The van der Waals surface area contributed by atoms with Gasteiger partial charge in [-0.05, 0) is 52.3 Å². The summed E-state index contributed by atoms with van der Waals surface area (Å²) in [6, 6.07) is 20.1. The molecule has 0 spiro atoms. The molecule has 168 valence electrons. The van der Waals surface area contributed by atoms with Gasteiger partial charge in [-0.15, -0.1) is 5.10 Å². The molecule has 0 radical (unpaired) electrons. The second-order valence-corrected chi connectivity index (χ2v) is 8.85. The van der Waals surface area contributed by atoms with Gasteiger partial charge in [0.25, 0.3) is 0 Å². The van der Waals surface area contributed by atoms with Crippen LogP contribution in [0, 0.1) is 0 Å². The van der Waals surface area contributed by atoms with Crippen molar-refractivity contribution in [2.24, 2.45) is 5.10 Å². The smallest absolute Gasteiger partial charge is 0.308 e. The molecular formula is C24H18Br2N2O5. The average Bonchev–Trinajstić information content (AvgIpc) is 3.22. The van der Waals surface area contributed by atoms with Crippen LogP contribution in [-0.2, 0) is 14.3 Å². The van der Waals surface area contributed by atoms with E-state index >= 15 is 0 Å². The number of benzene rings is 3. The molecule has 0 aliphatic carbocycles. The fraction of sp³-hybridized carbons (Fsp3) is 0.125. The number of nitrogens with zero attached hydrogens (tertiary/aromatic N) is 2. The molecule has 0 saturated carbocycles. The lowest BCUT2D eigenvalue weighted by molar-refractivity contribution is -0.135. The van der Waals surface area contributed by atoms with Crippen molar-refractivity contribution >= 4 is 49.6 Å². The molecule has 3 aromatic carbocycles. The van der Waals surface area contributed by atoms with E-state index in [-0.39, 0.29) is 17.6 Å². The first kappa shape index (κ1) is 23.0. The minimum absolute atomic E-state index is 0.142. The topological polar surface area (TPSA) is 77.4 Å². The van der Waals surface area contributed by atoms with Crippen molar-refractivity contribution in [3.05, 3.63) is 86.8 Å². The molecule has 0 bridgehead atoms. The number of amides is 1. The number of hydrogen-bond acceptors (Lipinski definition) is 6. The van der Waals surface area contributed by atoms with Gasteiger partial charge in [-0.25, -0.2) is 0 Å². The van der Waals surface area contributed by atoms with Gasteiger partial charge in [0.15, 0.2) is 5.75 Å². The Morgan fingerprint density at radius 2 is 1.70 bits per heavy atom. The van der Waals surface area contributed by atoms with Crippen molar-refractivity contribution in [1.29, 1.82) is 0 Å². The average molecular weight is 574 g/mol. The van der Waals surface area contributed by atoms with Gasteiger partial charge in [-0.2, -0.15) is 5.01 Å². The van der Waals surface area contributed by atoms with Gasteiger partial charge in [0.05, 0.1) is 10.0 Å².